The first-order valence-corrected chi connectivity index (χ1v) is 15.0. The Morgan fingerprint density at radius 1 is 0.851 bits per heavy atom. The number of hydrogen-bond donors (Lipinski definition) is 2. The number of carbonyl (C=O) groups is 2. The predicted octanol–water partition coefficient (Wildman–Crippen LogP) is 7.70. The van der Waals surface area contributed by atoms with Crippen LogP contribution < -0.4 is 5.62 Å². The summed E-state index contributed by atoms with van der Waals surface area (Å²) in [7, 11) is 0. The van der Waals surface area contributed by atoms with Crippen LogP contribution in [0.25, 0.3) is 0 Å². The monoisotopic (exact) mass is 655 g/mol. The van der Waals surface area contributed by atoms with E-state index in [4.69, 9.17) is 14.9 Å². The molecule has 11 heteroatoms. The zero-order chi connectivity index (χ0) is 35.3. The number of benzene rings is 3. The molecular formula is C36H41F4N3O4. The maximum absolute atomic E-state index is 14.4. The molecule has 0 bridgehead atoms. The predicted molar refractivity (Wildman–Crippen MR) is 172 cm³/mol. The Labute approximate surface area is 271 Å². The lowest BCUT2D eigenvalue weighted by molar-refractivity contribution is -0.192. The lowest BCUT2D eigenvalue weighted by Crippen LogP contribution is -2.30. The van der Waals surface area contributed by atoms with Gasteiger partial charge in [-0.1, -0.05) is 90.1 Å². The van der Waals surface area contributed by atoms with Gasteiger partial charge in [0.1, 0.15) is 11.6 Å². The van der Waals surface area contributed by atoms with Crippen molar-refractivity contribution < 1.29 is 37.4 Å². The second-order valence-electron chi connectivity index (χ2n) is 13.3. The number of carbonyl (C=O) groups excluding carboxylic acids is 1. The third-order valence-electron chi connectivity index (χ3n) is 7.40. The molecule has 0 spiro atoms. The fourth-order valence-corrected chi connectivity index (χ4v) is 4.89. The topological polar surface area (TPSA) is 96.8 Å². The van der Waals surface area contributed by atoms with Crippen LogP contribution in [0.2, 0.25) is 0 Å². The maximum atomic E-state index is 14.4. The molecule has 4 aromatic rings. The maximum Gasteiger partial charge on any atom is 0.490 e. The lowest BCUT2D eigenvalue weighted by atomic mass is 9.78. The molecule has 0 aliphatic heterocycles. The molecule has 0 radical (unpaired) electrons. The number of aliphatic carboxylic acids is 1. The normalized spacial score (nSPS) is 12.4. The fraction of sp³-hybridized carbons (Fsp3) is 0.361. The number of imidazole rings is 1. The first kappa shape index (κ1) is 36.8. The summed E-state index contributed by atoms with van der Waals surface area (Å²) in [5, 5.41) is 18.2. The standard InChI is InChI=1S/C34H40FN3O2.C2HF3O2/c1-23-20-37(22-30(39)26-17-27(33(2,3)4)31(40)28(18-26)34(5,6)7)32(36-19-25-15-11-12-16-29(25)35)38(23)21-24-13-9-8-10-14-24;3-2(4,5)1(6)7/h8-18,20,40H,19,21-22H2,1-7H3;(H,6,7)/b36-32+;. The summed E-state index contributed by atoms with van der Waals surface area (Å²) in [4.78, 5) is 27.5. The number of aryl methyl sites for hydroxylation is 1. The number of phenolic OH excluding ortho intramolecular Hbond substituents is 1. The van der Waals surface area contributed by atoms with Crippen molar-refractivity contribution in [1.82, 2.24) is 9.13 Å². The highest BCUT2D eigenvalue weighted by Gasteiger charge is 2.38. The van der Waals surface area contributed by atoms with Crippen LogP contribution in [0.5, 0.6) is 5.75 Å². The number of rotatable bonds is 7. The lowest BCUT2D eigenvalue weighted by Gasteiger charge is -2.28. The van der Waals surface area contributed by atoms with Crippen LogP contribution in [-0.2, 0) is 35.3 Å². The smallest absolute Gasteiger partial charge is 0.490 e. The Bertz CT molecular complexity index is 1760. The summed E-state index contributed by atoms with van der Waals surface area (Å²) in [6.07, 6.45) is -3.16. The number of hydrogen-bond acceptors (Lipinski definition) is 4. The molecule has 0 aliphatic rings. The van der Waals surface area contributed by atoms with Gasteiger partial charge in [-0.25, -0.2) is 14.2 Å². The number of carboxylic acids is 1. The molecule has 2 N–H and O–H groups in total. The highest BCUT2D eigenvalue weighted by molar-refractivity contribution is 5.96. The van der Waals surface area contributed by atoms with Gasteiger partial charge in [0.05, 0.1) is 19.6 Å². The van der Waals surface area contributed by atoms with Crippen LogP contribution in [0.15, 0.2) is 77.9 Å². The van der Waals surface area contributed by atoms with Crippen LogP contribution >= 0.6 is 0 Å². The summed E-state index contributed by atoms with van der Waals surface area (Å²) >= 11 is 0. The molecule has 0 unspecified atom stereocenters. The van der Waals surface area contributed by atoms with Crippen molar-refractivity contribution in [3.8, 4) is 5.75 Å². The minimum atomic E-state index is -5.08. The molecule has 0 atom stereocenters. The largest absolute Gasteiger partial charge is 0.507 e. The summed E-state index contributed by atoms with van der Waals surface area (Å²) in [5.41, 5.74) is 4.50. The second-order valence-corrected chi connectivity index (χ2v) is 13.3. The molecular weight excluding hydrogens is 614 g/mol. The Morgan fingerprint density at radius 2 is 1.36 bits per heavy atom. The number of phenols is 1. The van der Waals surface area contributed by atoms with E-state index in [1.54, 1.807) is 18.2 Å². The van der Waals surface area contributed by atoms with Gasteiger partial charge in [0, 0.05) is 34.1 Å². The van der Waals surface area contributed by atoms with E-state index in [1.165, 1.54) is 6.07 Å². The molecule has 0 saturated heterocycles. The Kier molecular flexibility index (Phi) is 11.3. The second kappa shape index (κ2) is 14.4. The first-order chi connectivity index (χ1) is 21.7. The van der Waals surface area contributed by atoms with Crippen molar-refractivity contribution in [1.29, 1.82) is 0 Å². The van der Waals surface area contributed by atoms with Gasteiger partial charge >= 0.3 is 12.1 Å². The number of carboxylic acid groups (broad SMARTS) is 1. The molecule has 1 aromatic heterocycles. The van der Waals surface area contributed by atoms with Gasteiger partial charge in [-0.3, -0.25) is 4.79 Å². The van der Waals surface area contributed by atoms with E-state index < -0.39 is 12.1 Å². The Balaban J connectivity index is 0.000000771. The third kappa shape index (κ3) is 9.67. The first-order valence-electron chi connectivity index (χ1n) is 15.0. The van der Waals surface area contributed by atoms with E-state index in [0.717, 1.165) is 22.4 Å². The summed E-state index contributed by atoms with van der Waals surface area (Å²) in [5.74, 6) is -2.90. The van der Waals surface area contributed by atoms with Gasteiger partial charge in [0.25, 0.3) is 0 Å². The van der Waals surface area contributed by atoms with E-state index in [2.05, 4.69) is 4.57 Å². The van der Waals surface area contributed by atoms with Crippen molar-refractivity contribution >= 4 is 11.8 Å². The summed E-state index contributed by atoms with van der Waals surface area (Å²) < 4.78 is 50.1. The summed E-state index contributed by atoms with van der Waals surface area (Å²) in [6.45, 7) is 15.0. The van der Waals surface area contributed by atoms with Crippen molar-refractivity contribution in [2.24, 2.45) is 4.99 Å². The van der Waals surface area contributed by atoms with Crippen molar-refractivity contribution in [2.45, 2.75) is 85.1 Å². The molecule has 0 aliphatic carbocycles. The van der Waals surface area contributed by atoms with Gasteiger partial charge in [-0.2, -0.15) is 13.2 Å². The van der Waals surface area contributed by atoms with Crippen molar-refractivity contribution in [3.05, 3.63) is 118 Å². The number of aromatic nitrogens is 2. The zero-order valence-corrected chi connectivity index (χ0v) is 27.6. The average Bonchev–Trinajstić information content (AvgIpc) is 3.24. The number of ketones is 1. The van der Waals surface area contributed by atoms with Gasteiger partial charge in [0.15, 0.2) is 5.78 Å². The summed E-state index contributed by atoms with van der Waals surface area (Å²) in [6, 6.07) is 20.3. The van der Waals surface area contributed by atoms with E-state index >= 15 is 0 Å². The molecule has 252 valence electrons. The highest BCUT2D eigenvalue weighted by Crippen LogP contribution is 2.40. The number of aromatic hydroxyl groups is 1. The van der Waals surface area contributed by atoms with Gasteiger partial charge < -0.3 is 19.3 Å². The van der Waals surface area contributed by atoms with Crippen LogP contribution in [0.3, 0.4) is 0 Å². The quantitative estimate of drug-likeness (QED) is 0.158. The van der Waals surface area contributed by atoms with E-state index in [0.29, 0.717) is 23.3 Å². The van der Waals surface area contributed by atoms with E-state index in [-0.39, 0.29) is 41.3 Å². The average molecular weight is 656 g/mol. The van der Waals surface area contributed by atoms with Gasteiger partial charge in [-0.05, 0) is 41.5 Å². The zero-order valence-electron chi connectivity index (χ0n) is 27.6. The van der Waals surface area contributed by atoms with Crippen LogP contribution in [0.1, 0.15) is 79.8 Å². The van der Waals surface area contributed by atoms with E-state index in [9.17, 15) is 27.5 Å². The molecule has 3 aromatic carbocycles. The minimum absolute atomic E-state index is 0.0661. The van der Waals surface area contributed by atoms with Gasteiger partial charge in [-0.15, -0.1) is 0 Å². The molecule has 47 heavy (non-hydrogen) atoms. The molecule has 0 fully saturated rings. The van der Waals surface area contributed by atoms with Crippen LogP contribution in [-0.4, -0.2) is 37.3 Å². The SMILES string of the molecule is Cc1cn(CC(=O)c2cc(C(C)(C)C)c(O)c(C(C)(C)C)c2)/c(=N\Cc2ccccc2F)n1Cc1ccccc1.O=C(O)C(F)(F)F. The number of halogens is 4. The van der Waals surface area contributed by atoms with Crippen LogP contribution in [0.4, 0.5) is 17.6 Å². The number of Topliss-reactive ketones (excluding diaryl/α,β-unsaturated/α-hetero) is 1. The van der Waals surface area contributed by atoms with Crippen molar-refractivity contribution in [2.75, 3.05) is 0 Å². The highest BCUT2D eigenvalue weighted by atomic mass is 19.4. The molecule has 0 amide bonds. The minimum Gasteiger partial charge on any atom is -0.507 e. The Morgan fingerprint density at radius 3 is 1.85 bits per heavy atom. The van der Waals surface area contributed by atoms with E-state index in [1.807, 2.05) is 102 Å². The number of alkyl halides is 3. The Hall–Kier alpha value is -4.67. The molecule has 4 rings (SSSR count). The molecule has 7 nitrogen and oxygen atoms in total. The molecule has 1 heterocycles. The van der Waals surface area contributed by atoms with Crippen molar-refractivity contribution in [3.63, 3.8) is 0 Å². The fourth-order valence-electron chi connectivity index (χ4n) is 4.89. The van der Waals surface area contributed by atoms with Gasteiger partial charge in [0.2, 0.25) is 5.62 Å². The number of nitrogens with zero attached hydrogens (tertiary/aromatic N) is 3. The van der Waals surface area contributed by atoms with Crippen LogP contribution in [0, 0.1) is 12.7 Å². The third-order valence-corrected chi connectivity index (χ3v) is 7.40. The molecule has 0 saturated carbocycles.